The molecule has 0 saturated heterocycles. The predicted octanol–water partition coefficient (Wildman–Crippen LogP) is 3.89. The molecule has 1 saturated carbocycles. The number of aryl methyl sites for hydroxylation is 1. The Hall–Kier alpha value is -2.20. The first-order valence-electron chi connectivity index (χ1n) is 10.7. The van der Waals surface area contributed by atoms with Crippen molar-refractivity contribution in [3.05, 3.63) is 11.2 Å². The Balaban J connectivity index is 1.59. The van der Waals surface area contributed by atoms with Crippen LogP contribution in [0.4, 0.5) is 8.78 Å². The number of aromatic nitrogens is 3. The predicted molar refractivity (Wildman–Crippen MR) is 116 cm³/mol. The van der Waals surface area contributed by atoms with Crippen LogP contribution < -0.4 is 14.8 Å². The van der Waals surface area contributed by atoms with Crippen molar-refractivity contribution in [2.24, 2.45) is 7.05 Å². The van der Waals surface area contributed by atoms with Gasteiger partial charge in [-0.05, 0) is 39.5 Å². The Morgan fingerprint density at radius 3 is 2.56 bits per heavy atom. The van der Waals surface area contributed by atoms with Gasteiger partial charge in [0.15, 0.2) is 6.61 Å². The van der Waals surface area contributed by atoms with Crippen LogP contribution in [0.3, 0.4) is 0 Å². The molecular formula is C21H29ClF2N4O4. The molecule has 0 aliphatic heterocycles. The summed E-state index contributed by atoms with van der Waals surface area (Å²) in [5, 5.41) is 2.97. The van der Waals surface area contributed by atoms with Gasteiger partial charge in [-0.1, -0.05) is 11.6 Å². The van der Waals surface area contributed by atoms with E-state index in [9.17, 15) is 13.6 Å². The third-order valence-electron chi connectivity index (χ3n) is 5.56. The van der Waals surface area contributed by atoms with E-state index in [0.717, 1.165) is 25.7 Å². The van der Waals surface area contributed by atoms with Crippen LogP contribution in [0.2, 0.25) is 5.02 Å². The van der Waals surface area contributed by atoms with Crippen molar-refractivity contribution < 1.29 is 27.8 Å². The molecule has 1 fully saturated rings. The molecule has 0 bridgehead atoms. The van der Waals surface area contributed by atoms with Crippen LogP contribution >= 0.6 is 11.6 Å². The van der Waals surface area contributed by atoms with Crippen molar-refractivity contribution in [1.82, 2.24) is 19.9 Å². The summed E-state index contributed by atoms with van der Waals surface area (Å²) < 4.78 is 43.8. The first-order valence-corrected chi connectivity index (χ1v) is 11.0. The number of fused-ring (bicyclic) bond motifs is 1. The van der Waals surface area contributed by atoms with Gasteiger partial charge in [0.1, 0.15) is 16.6 Å². The minimum atomic E-state index is -2.62. The van der Waals surface area contributed by atoms with Gasteiger partial charge in [-0.15, -0.1) is 0 Å². The van der Waals surface area contributed by atoms with Crippen LogP contribution in [0.15, 0.2) is 6.20 Å². The molecule has 178 valence electrons. The lowest BCUT2D eigenvalue weighted by Crippen LogP contribution is -2.42. The van der Waals surface area contributed by atoms with E-state index in [1.165, 1.54) is 13.1 Å². The minimum absolute atomic E-state index is 0.0327. The van der Waals surface area contributed by atoms with Crippen molar-refractivity contribution in [1.29, 1.82) is 0 Å². The summed E-state index contributed by atoms with van der Waals surface area (Å²) in [6, 6.07) is 0.320. The van der Waals surface area contributed by atoms with Crippen LogP contribution in [0.5, 0.6) is 11.9 Å². The van der Waals surface area contributed by atoms with E-state index in [1.807, 2.05) is 13.8 Å². The number of nitrogens with zero attached hydrogens (tertiary/aromatic N) is 3. The Morgan fingerprint density at radius 1 is 1.28 bits per heavy atom. The second-order valence-electron chi connectivity index (χ2n) is 8.11. The zero-order valence-electron chi connectivity index (χ0n) is 18.6. The molecule has 8 nitrogen and oxygen atoms in total. The van der Waals surface area contributed by atoms with E-state index in [0.29, 0.717) is 17.0 Å². The molecule has 1 aliphatic rings. The van der Waals surface area contributed by atoms with Gasteiger partial charge in [0, 0.05) is 14.0 Å². The maximum atomic E-state index is 12.4. The smallest absolute Gasteiger partial charge is 0.297 e. The number of hydrogen-bond acceptors (Lipinski definition) is 6. The summed E-state index contributed by atoms with van der Waals surface area (Å²) in [6.07, 6.45) is 2.05. The van der Waals surface area contributed by atoms with E-state index in [4.69, 9.17) is 25.8 Å². The zero-order valence-corrected chi connectivity index (χ0v) is 19.4. The molecular weight excluding hydrogens is 446 g/mol. The van der Waals surface area contributed by atoms with Crippen LogP contribution in [-0.2, 0) is 16.6 Å². The Labute approximate surface area is 190 Å². The van der Waals surface area contributed by atoms with Gasteiger partial charge in [-0.25, -0.2) is 13.8 Å². The maximum Gasteiger partial charge on any atom is 0.297 e. The Morgan fingerprint density at radius 2 is 1.94 bits per heavy atom. The fourth-order valence-electron chi connectivity index (χ4n) is 3.77. The number of rotatable bonds is 9. The minimum Gasteiger partial charge on any atom is -0.470 e. The van der Waals surface area contributed by atoms with Crippen LogP contribution in [0.1, 0.15) is 46.5 Å². The lowest BCUT2D eigenvalue weighted by Gasteiger charge is -2.32. The molecule has 0 spiro atoms. The van der Waals surface area contributed by atoms with Crippen LogP contribution in [0, 0.1) is 0 Å². The number of alkyl halides is 2. The summed E-state index contributed by atoms with van der Waals surface area (Å²) in [6.45, 7) is 4.59. The number of amides is 1. The molecule has 2 aromatic heterocycles. The largest absolute Gasteiger partial charge is 0.470 e. The summed E-state index contributed by atoms with van der Waals surface area (Å²) in [5.41, 5.74) is 1.01. The van der Waals surface area contributed by atoms with Gasteiger partial charge < -0.3 is 19.5 Å². The number of carbonyl (C=O) groups excluding carboxylic acids is 1. The molecule has 1 N–H and O–H groups in total. The van der Waals surface area contributed by atoms with Crippen molar-refractivity contribution in [2.45, 2.75) is 77.2 Å². The van der Waals surface area contributed by atoms with E-state index in [-0.39, 0.29) is 41.2 Å². The molecule has 1 amide bonds. The molecule has 0 unspecified atom stereocenters. The highest BCUT2D eigenvalue weighted by Crippen LogP contribution is 2.34. The molecule has 2 aromatic rings. The quantitative estimate of drug-likeness (QED) is 0.593. The van der Waals surface area contributed by atoms with Gasteiger partial charge in [0.2, 0.25) is 11.8 Å². The van der Waals surface area contributed by atoms with E-state index < -0.39 is 13.0 Å². The number of pyridine rings is 1. The molecule has 0 radical (unpaired) electrons. The van der Waals surface area contributed by atoms with Crippen molar-refractivity contribution in [3.63, 3.8) is 0 Å². The highest BCUT2D eigenvalue weighted by molar-refractivity contribution is 6.36. The Kier molecular flexibility index (Phi) is 8.10. The number of ether oxygens (including phenoxy) is 3. The average molecular weight is 475 g/mol. The first kappa shape index (κ1) is 24.4. The van der Waals surface area contributed by atoms with Gasteiger partial charge >= 0.3 is 0 Å². The van der Waals surface area contributed by atoms with E-state index >= 15 is 0 Å². The van der Waals surface area contributed by atoms with Crippen molar-refractivity contribution in [2.75, 3.05) is 6.61 Å². The second kappa shape index (κ2) is 10.6. The first-order chi connectivity index (χ1) is 15.2. The molecule has 32 heavy (non-hydrogen) atoms. The van der Waals surface area contributed by atoms with Crippen molar-refractivity contribution in [3.8, 4) is 11.9 Å². The topological polar surface area (TPSA) is 87.5 Å². The summed E-state index contributed by atoms with van der Waals surface area (Å²) in [5.74, 6) is -0.134. The van der Waals surface area contributed by atoms with E-state index in [1.54, 1.807) is 11.6 Å². The standard InChI is InChI=1S/C21H29ClF2N4O4/c1-11(26-13(3)29)12(2)31-14-5-7-15(8-6-14)32-21-27-16-9-25-20(30-10-17(23)24)18(22)19(16)28(21)4/h9,11-12,14-15,17H,5-8,10H2,1-4H3,(H,26,29)/t11-,12+,14?,15?/m0/s1. The monoisotopic (exact) mass is 474 g/mol. The van der Waals surface area contributed by atoms with Crippen LogP contribution in [-0.4, -0.2) is 57.8 Å². The SMILES string of the molecule is CC(=O)N[C@@H](C)[C@@H](C)OC1CCC(Oc2nc3cnc(OCC(F)F)c(Cl)c3n2C)CC1. The summed E-state index contributed by atoms with van der Waals surface area (Å²) >= 11 is 6.32. The van der Waals surface area contributed by atoms with Gasteiger partial charge in [0.25, 0.3) is 12.4 Å². The zero-order chi connectivity index (χ0) is 23.4. The molecule has 2 atom stereocenters. The lowest BCUT2D eigenvalue weighted by molar-refractivity contribution is -0.121. The molecule has 3 rings (SSSR count). The number of imidazole rings is 1. The third-order valence-corrected chi connectivity index (χ3v) is 5.90. The highest BCUT2D eigenvalue weighted by Gasteiger charge is 2.27. The van der Waals surface area contributed by atoms with Gasteiger partial charge in [0.05, 0.1) is 30.0 Å². The normalized spacial score (nSPS) is 20.9. The number of nitrogens with one attached hydrogen (secondary N) is 1. The molecule has 1 aliphatic carbocycles. The van der Waals surface area contributed by atoms with Gasteiger partial charge in [-0.2, -0.15) is 4.98 Å². The number of carbonyl (C=O) groups is 1. The fraction of sp³-hybridized carbons (Fsp3) is 0.667. The average Bonchev–Trinajstić information content (AvgIpc) is 3.04. The molecule has 11 heteroatoms. The van der Waals surface area contributed by atoms with Crippen molar-refractivity contribution >= 4 is 28.5 Å². The third kappa shape index (κ3) is 5.98. The Bertz CT molecular complexity index is 934. The summed E-state index contributed by atoms with van der Waals surface area (Å²) in [4.78, 5) is 19.6. The maximum absolute atomic E-state index is 12.4. The highest BCUT2D eigenvalue weighted by atomic mass is 35.5. The van der Waals surface area contributed by atoms with Crippen LogP contribution in [0.25, 0.3) is 11.0 Å². The number of hydrogen-bond donors (Lipinski definition) is 1. The lowest BCUT2D eigenvalue weighted by atomic mass is 9.94. The molecule has 0 aromatic carbocycles. The van der Waals surface area contributed by atoms with Gasteiger partial charge in [-0.3, -0.25) is 9.36 Å². The number of halogens is 3. The second-order valence-corrected chi connectivity index (χ2v) is 8.49. The fourth-order valence-corrected chi connectivity index (χ4v) is 4.10. The summed E-state index contributed by atoms with van der Waals surface area (Å²) in [7, 11) is 1.74. The van der Waals surface area contributed by atoms with E-state index in [2.05, 4.69) is 15.3 Å². The molecule has 2 heterocycles.